The minimum Gasteiger partial charge on any atom is -0.477 e. The number of amides is 2. The molecule has 0 radical (unpaired) electrons. The number of nitrogens with one attached hydrogen (secondary N) is 2. The number of carbonyl (C=O) groups excluding carboxylic acids is 2. The number of carboxylic acids is 1. The molecule has 0 unspecified atom stereocenters. The van der Waals surface area contributed by atoms with Gasteiger partial charge in [0, 0.05) is 36.2 Å². The van der Waals surface area contributed by atoms with Gasteiger partial charge in [0.1, 0.15) is 29.0 Å². The third kappa shape index (κ3) is 5.77. The second-order valence-corrected chi connectivity index (χ2v) is 12.0. The first-order chi connectivity index (χ1) is 19.7. The Hall–Kier alpha value is -3.96. The fraction of sp³-hybridized carbons (Fsp3) is 0.333. The lowest BCUT2D eigenvalue weighted by Crippen LogP contribution is -2.71. The van der Waals surface area contributed by atoms with Crippen molar-refractivity contribution in [1.29, 1.82) is 0 Å². The summed E-state index contributed by atoms with van der Waals surface area (Å²) in [7, 11) is 0. The van der Waals surface area contributed by atoms with E-state index in [-0.39, 0.29) is 28.5 Å². The molecule has 1 aromatic heterocycles. The molecule has 4 aliphatic rings. The molecule has 0 aromatic carbocycles. The molecule has 0 saturated carbocycles. The Bertz CT molecular complexity index is 1450. The highest BCUT2D eigenvalue weighted by Crippen LogP contribution is 2.41. The molecule has 0 bridgehead atoms. The minimum atomic E-state index is -1.22. The van der Waals surface area contributed by atoms with E-state index in [0.29, 0.717) is 11.3 Å². The van der Waals surface area contributed by atoms with Crippen LogP contribution in [0.5, 0.6) is 0 Å². The van der Waals surface area contributed by atoms with Gasteiger partial charge in [0.15, 0.2) is 5.13 Å². The van der Waals surface area contributed by atoms with Crippen LogP contribution in [0.4, 0.5) is 5.13 Å². The number of rotatable bonds is 10. The molecule has 0 aliphatic carbocycles. The average molecular weight is 618 g/mol. The second-order valence-electron chi connectivity index (χ2n) is 9.13. The molecule has 2 atom stereocenters. The van der Waals surface area contributed by atoms with E-state index in [4.69, 9.17) is 10.6 Å². The van der Waals surface area contributed by atoms with Gasteiger partial charge in [-0.25, -0.2) is 9.80 Å². The van der Waals surface area contributed by atoms with Gasteiger partial charge in [-0.05, 0) is 50.0 Å². The van der Waals surface area contributed by atoms with Crippen LogP contribution in [-0.2, 0) is 19.2 Å². The van der Waals surface area contributed by atoms with Gasteiger partial charge in [0.2, 0.25) is 11.5 Å². The molecule has 41 heavy (non-hydrogen) atoms. The highest BCUT2D eigenvalue weighted by atomic mass is 32.2. The normalized spacial score (nSPS) is 21.9. The first-order valence-corrected chi connectivity index (χ1v) is 15.2. The largest absolute Gasteiger partial charge is 0.477 e. The number of carboxylic acid groups (broad SMARTS) is 1. The number of hydrazine groups is 1. The number of nitrogen functional groups attached to an aromatic ring is 1. The number of hydrogen-bond donors (Lipinski definition) is 4. The number of anilines is 1. The van der Waals surface area contributed by atoms with Crippen LogP contribution in [0.1, 0.15) is 26.6 Å². The van der Waals surface area contributed by atoms with Gasteiger partial charge in [-0.15, -0.1) is 11.8 Å². The van der Waals surface area contributed by atoms with Gasteiger partial charge in [-0.2, -0.15) is 9.36 Å². The number of fused-ring (bicyclic) bond motifs is 2. The maximum atomic E-state index is 13.1. The number of β-lactam (4-membered cyclic amide) rings is 1. The van der Waals surface area contributed by atoms with E-state index in [0.717, 1.165) is 28.9 Å². The van der Waals surface area contributed by atoms with E-state index in [1.807, 2.05) is 29.6 Å². The summed E-state index contributed by atoms with van der Waals surface area (Å²) in [5.74, 6) is -1.18. The zero-order chi connectivity index (χ0) is 29.3. The molecular formula is C24H27N9O5S3. The minimum absolute atomic E-state index is 0.0284. The molecule has 5 heterocycles. The summed E-state index contributed by atoms with van der Waals surface area (Å²) in [6, 6.07) is -0.962. The van der Waals surface area contributed by atoms with Crippen LogP contribution >= 0.6 is 35.1 Å². The molecule has 216 valence electrons. The van der Waals surface area contributed by atoms with Crippen LogP contribution in [0.3, 0.4) is 0 Å². The van der Waals surface area contributed by atoms with Gasteiger partial charge >= 0.3 is 5.97 Å². The maximum Gasteiger partial charge on any atom is 0.352 e. The van der Waals surface area contributed by atoms with Crippen LogP contribution < -0.4 is 16.5 Å². The molecule has 5 rings (SSSR count). The maximum absolute atomic E-state index is 13.1. The van der Waals surface area contributed by atoms with E-state index >= 15 is 0 Å². The predicted molar refractivity (Wildman–Crippen MR) is 156 cm³/mol. The van der Waals surface area contributed by atoms with Crippen LogP contribution in [0.25, 0.3) is 0 Å². The van der Waals surface area contributed by atoms with Crippen LogP contribution in [0, 0.1) is 0 Å². The zero-order valence-electron chi connectivity index (χ0n) is 22.2. The van der Waals surface area contributed by atoms with Gasteiger partial charge in [-0.1, -0.05) is 16.9 Å². The smallest absolute Gasteiger partial charge is 0.352 e. The van der Waals surface area contributed by atoms with Gasteiger partial charge in [0.05, 0.1) is 5.03 Å². The molecule has 4 aliphatic heterocycles. The Morgan fingerprint density at radius 3 is 2.88 bits per heavy atom. The number of thioether (sulfide) groups is 2. The van der Waals surface area contributed by atoms with E-state index in [9.17, 15) is 19.5 Å². The molecule has 14 nitrogen and oxygen atoms in total. The first kappa shape index (κ1) is 28.6. The number of aromatic nitrogens is 2. The lowest BCUT2D eigenvalue weighted by molar-refractivity contribution is -0.150. The Kier molecular flexibility index (Phi) is 8.27. The number of hydrogen-bond acceptors (Lipinski definition) is 14. The summed E-state index contributed by atoms with van der Waals surface area (Å²) in [4.78, 5) is 50.9. The number of nitrogens with zero attached hydrogens (tertiary/aromatic N) is 6. The number of carbonyl (C=O) groups is 3. The van der Waals surface area contributed by atoms with Crippen molar-refractivity contribution in [3.63, 3.8) is 0 Å². The van der Waals surface area contributed by atoms with E-state index in [2.05, 4.69) is 37.1 Å². The van der Waals surface area contributed by atoms with Crippen molar-refractivity contribution in [2.45, 2.75) is 38.3 Å². The quantitative estimate of drug-likeness (QED) is 0.169. The van der Waals surface area contributed by atoms with Crippen LogP contribution in [-0.4, -0.2) is 82.6 Å². The first-order valence-electron chi connectivity index (χ1n) is 12.5. The Morgan fingerprint density at radius 1 is 1.39 bits per heavy atom. The van der Waals surface area contributed by atoms with Gasteiger partial charge in [-0.3, -0.25) is 19.9 Å². The van der Waals surface area contributed by atoms with Crippen molar-refractivity contribution >= 4 is 63.7 Å². The van der Waals surface area contributed by atoms with Crippen molar-refractivity contribution in [3.8, 4) is 0 Å². The van der Waals surface area contributed by atoms with Gasteiger partial charge < -0.3 is 25.9 Å². The number of nitrogens with two attached hydrogens (primary N) is 1. The average Bonchev–Trinajstić information content (AvgIpc) is 3.56. The molecule has 2 amide bonds. The third-order valence-corrected chi connectivity index (χ3v) is 8.66. The summed E-state index contributed by atoms with van der Waals surface area (Å²) in [5, 5.41) is 20.5. The van der Waals surface area contributed by atoms with Crippen molar-refractivity contribution < 1.29 is 24.3 Å². The third-order valence-electron chi connectivity index (χ3n) is 6.07. The lowest BCUT2D eigenvalue weighted by Gasteiger charge is -2.49. The molecule has 1 saturated heterocycles. The molecule has 17 heteroatoms. The second kappa shape index (κ2) is 11.9. The summed E-state index contributed by atoms with van der Waals surface area (Å²) >= 11 is 3.63. The highest BCUT2D eigenvalue weighted by molar-refractivity contribution is 8.05. The van der Waals surface area contributed by atoms with Crippen LogP contribution in [0.15, 0.2) is 63.3 Å². The molecule has 5 N–H and O–H groups in total. The molecule has 0 spiro atoms. The van der Waals surface area contributed by atoms with Crippen LogP contribution in [0.2, 0.25) is 0 Å². The Labute approximate surface area is 247 Å². The SMILES string of the molecule is CCN1C=CN2NC(S/C=C/C3=C(C(=O)O)N4C(=O)[C@@H](NC(=O)/C(=N\OC(C)C)c5nsc(N)n5)[C@@H]4SC3)=CC=C12. The molecule has 1 aromatic rings. The monoisotopic (exact) mass is 617 g/mol. The van der Waals surface area contributed by atoms with Gasteiger partial charge in [0.25, 0.3) is 11.8 Å². The fourth-order valence-corrected chi connectivity index (χ4v) is 6.62. The summed E-state index contributed by atoms with van der Waals surface area (Å²) in [6.45, 7) is 6.38. The number of oxime groups is 1. The Balaban J connectivity index is 1.27. The van der Waals surface area contributed by atoms with Crippen molar-refractivity contribution in [2.75, 3.05) is 18.0 Å². The summed E-state index contributed by atoms with van der Waals surface area (Å²) in [6.07, 6.45) is 9.22. The number of allylic oxidation sites excluding steroid dienone is 3. The van der Waals surface area contributed by atoms with E-state index in [1.165, 1.54) is 28.4 Å². The fourth-order valence-electron chi connectivity index (χ4n) is 4.19. The zero-order valence-corrected chi connectivity index (χ0v) is 24.6. The topological polar surface area (TPSA) is 179 Å². The van der Waals surface area contributed by atoms with Crippen molar-refractivity contribution in [2.24, 2.45) is 5.16 Å². The van der Waals surface area contributed by atoms with E-state index < -0.39 is 29.2 Å². The highest BCUT2D eigenvalue weighted by Gasteiger charge is 2.54. The number of aliphatic carboxylic acids is 1. The van der Waals surface area contributed by atoms with Crippen molar-refractivity contribution in [1.82, 2.24) is 34.9 Å². The molecule has 1 fully saturated rings. The summed E-state index contributed by atoms with van der Waals surface area (Å²) in [5.41, 5.74) is 9.09. The standard InChI is InChI=1S/C24H27N9O5S3/c1-4-31-8-9-32-15(31)6-5-14(28-32)39-10-7-13-11-40-22-17(21(35)33(22)18(13)23(36)37)26-20(34)16(29-38-12(2)3)19-27-24(25)41-30-19/h5-10,12,17,22,28H,4,11H2,1-3H3,(H,26,34)(H,36,37)(H2,25,27,30)/b10-7+,29-16-/t17-,22+/m1/s1. The summed E-state index contributed by atoms with van der Waals surface area (Å²) < 4.78 is 4.02. The van der Waals surface area contributed by atoms with Crippen molar-refractivity contribution in [3.05, 3.63) is 64.0 Å². The molecular weight excluding hydrogens is 591 g/mol. The van der Waals surface area contributed by atoms with E-state index in [1.54, 1.807) is 25.3 Å². The Morgan fingerprint density at radius 2 is 2.20 bits per heavy atom. The predicted octanol–water partition coefficient (Wildman–Crippen LogP) is 1.54. The lowest BCUT2D eigenvalue weighted by atomic mass is 10.0.